The molecule has 2 aromatic carbocycles. The highest BCUT2D eigenvalue weighted by molar-refractivity contribution is 6.07. The van der Waals surface area contributed by atoms with Crippen LogP contribution in [-0.2, 0) is 4.79 Å². The number of carbonyl (C=O) groups excluding carboxylic acids is 2. The number of carbonyl (C=O) groups is 2. The van der Waals surface area contributed by atoms with Crippen LogP contribution in [0.2, 0.25) is 0 Å². The van der Waals surface area contributed by atoms with Gasteiger partial charge in [0, 0.05) is 37.2 Å². The highest BCUT2D eigenvalue weighted by Gasteiger charge is 2.32. The molecular weight excluding hydrogens is 398 g/mol. The Labute approximate surface area is 192 Å². The normalized spacial score (nSPS) is 18.9. The zero-order valence-corrected chi connectivity index (χ0v) is 19.6. The number of hydrogen-bond donors (Lipinski definition) is 1. The second kappa shape index (κ2) is 10.5. The molecule has 0 aromatic heterocycles. The predicted octanol–water partition coefficient (Wildman–Crippen LogP) is 4.32. The van der Waals surface area contributed by atoms with Gasteiger partial charge in [-0.3, -0.25) is 9.59 Å². The molecule has 2 saturated heterocycles. The molecule has 0 saturated carbocycles. The molecule has 2 fully saturated rings. The molecule has 0 radical (unpaired) electrons. The maximum atomic E-state index is 13.2. The summed E-state index contributed by atoms with van der Waals surface area (Å²) in [5.74, 6) is 1.17. The summed E-state index contributed by atoms with van der Waals surface area (Å²) in [5.41, 5.74) is 0.811. The molecule has 0 spiro atoms. The SMILES string of the molecule is CC(C)CCNC(=O)C1CCN(C2CCN(C(=O)c3cccc4ccccc34)CC2)CC1. The Morgan fingerprint density at radius 3 is 2.34 bits per heavy atom. The van der Waals surface area contributed by atoms with Gasteiger partial charge in [0.25, 0.3) is 5.91 Å². The standard InChI is InChI=1S/C27H37N3O2/c1-20(2)10-15-28-26(31)22-11-16-29(17-12-22)23-13-18-30(19-14-23)27(32)25-9-5-7-21-6-3-4-8-24(21)25/h3-9,20,22-23H,10-19H2,1-2H3,(H,28,31). The van der Waals surface area contributed by atoms with Crippen molar-refractivity contribution in [3.8, 4) is 0 Å². The molecule has 2 heterocycles. The third-order valence-corrected chi connectivity index (χ3v) is 7.21. The van der Waals surface area contributed by atoms with Gasteiger partial charge in [0.15, 0.2) is 0 Å². The van der Waals surface area contributed by atoms with E-state index in [0.29, 0.717) is 12.0 Å². The van der Waals surface area contributed by atoms with Gasteiger partial charge in [0.05, 0.1) is 0 Å². The number of benzene rings is 2. The summed E-state index contributed by atoms with van der Waals surface area (Å²) < 4.78 is 0. The maximum Gasteiger partial charge on any atom is 0.254 e. The zero-order chi connectivity index (χ0) is 22.5. The van der Waals surface area contributed by atoms with Crippen LogP contribution in [0.3, 0.4) is 0 Å². The van der Waals surface area contributed by atoms with Crippen LogP contribution in [0.5, 0.6) is 0 Å². The van der Waals surface area contributed by atoms with Crippen molar-refractivity contribution in [2.45, 2.75) is 52.0 Å². The van der Waals surface area contributed by atoms with Crippen LogP contribution in [0, 0.1) is 11.8 Å². The van der Waals surface area contributed by atoms with E-state index in [0.717, 1.165) is 81.2 Å². The van der Waals surface area contributed by atoms with Crippen LogP contribution in [-0.4, -0.2) is 60.4 Å². The van der Waals surface area contributed by atoms with Crippen molar-refractivity contribution < 1.29 is 9.59 Å². The van der Waals surface area contributed by atoms with Gasteiger partial charge in [0.1, 0.15) is 0 Å². The lowest BCUT2D eigenvalue weighted by Gasteiger charge is -2.41. The smallest absolute Gasteiger partial charge is 0.254 e. The van der Waals surface area contributed by atoms with Crippen LogP contribution >= 0.6 is 0 Å². The summed E-state index contributed by atoms with van der Waals surface area (Å²) >= 11 is 0. The fourth-order valence-corrected chi connectivity index (χ4v) is 5.17. The monoisotopic (exact) mass is 435 g/mol. The lowest BCUT2D eigenvalue weighted by molar-refractivity contribution is -0.126. The number of rotatable bonds is 6. The molecule has 2 aromatic rings. The summed E-state index contributed by atoms with van der Waals surface area (Å²) in [6.07, 6.45) is 4.97. The number of nitrogens with zero attached hydrogens (tertiary/aromatic N) is 2. The van der Waals surface area contributed by atoms with E-state index in [1.54, 1.807) is 0 Å². The average molecular weight is 436 g/mol. The molecular formula is C27H37N3O2. The first-order chi connectivity index (χ1) is 15.5. The van der Waals surface area contributed by atoms with E-state index < -0.39 is 0 Å². The minimum atomic E-state index is 0.150. The lowest BCUT2D eigenvalue weighted by Crippen LogP contribution is -2.50. The van der Waals surface area contributed by atoms with Crippen molar-refractivity contribution in [3.05, 3.63) is 48.0 Å². The van der Waals surface area contributed by atoms with Crippen molar-refractivity contribution in [3.63, 3.8) is 0 Å². The molecule has 2 aliphatic rings. The summed E-state index contributed by atoms with van der Waals surface area (Å²) in [6.45, 7) is 8.76. The van der Waals surface area contributed by atoms with Crippen molar-refractivity contribution in [2.24, 2.45) is 11.8 Å². The highest BCUT2D eigenvalue weighted by Crippen LogP contribution is 2.26. The Bertz CT molecular complexity index is 920. The first-order valence-corrected chi connectivity index (χ1v) is 12.3. The van der Waals surface area contributed by atoms with Gasteiger partial charge < -0.3 is 15.1 Å². The molecule has 0 aliphatic carbocycles. The fourth-order valence-electron chi connectivity index (χ4n) is 5.17. The van der Waals surface area contributed by atoms with Crippen LogP contribution in [0.25, 0.3) is 10.8 Å². The van der Waals surface area contributed by atoms with E-state index in [1.807, 2.05) is 35.2 Å². The Morgan fingerprint density at radius 2 is 1.62 bits per heavy atom. The van der Waals surface area contributed by atoms with Crippen molar-refractivity contribution in [1.82, 2.24) is 15.1 Å². The number of piperidine rings is 2. The van der Waals surface area contributed by atoms with E-state index in [4.69, 9.17) is 0 Å². The topological polar surface area (TPSA) is 52.7 Å². The van der Waals surface area contributed by atoms with Gasteiger partial charge in [-0.15, -0.1) is 0 Å². The van der Waals surface area contributed by atoms with Crippen LogP contribution < -0.4 is 5.32 Å². The van der Waals surface area contributed by atoms with Crippen LogP contribution in [0.4, 0.5) is 0 Å². The molecule has 0 unspecified atom stereocenters. The Morgan fingerprint density at radius 1 is 0.938 bits per heavy atom. The molecule has 32 heavy (non-hydrogen) atoms. The summed E-state index contributed by atoms with van der Waals surface area (Å²) in [5, 5.41) is 5.28. The second-order valence-corrected chi connectivity index (χ2v) is 9.83. The first kappa shape index (κ1) is 22.8. The Kier molecular flexibility index (Phi) is 7.46. The first-order valence-electron chi connectivity index (χ1n) is 12.3. The number of fused-ring (bicyclic) bond motifs is 1. The van der Waals surface area contributed by atoms with E-state index >= 15 is 0 Å². The molecule has 2 amide bonds. The number of hydrogen-bond acceptors (Lipinski definition) is 3. The number of likely N-dealkylation sites (tertiary alicyclic amines) is 2. The zero-order valence-electron chi connectivity index (χ0n) is 19.6. The van der Waals surface area contributed by atoms with E-state index in [-0.39, 0.29) is 17.7 Å². The summed E-state index contributed by atoms with van der Waals surface area (Å²) in [4.78, 5) is 30.2. The Hall–Kier alpha value is -2.40. The minimum absolute atomic E-state index is 0.150. The minimum Gasteiger partial charge on any atom is -0.356 e. The molecule has 0 atom stereocenters. The third kappa shape index (κ3) is 5.32. The van der Waals surface area contributed by atoms with Crippen LogP contribution in [0.1, 0.15) is 56.3 Å². The molecule has 2 aliphatic heterocycles. The summed E-state index contributed by atoms with van der Waals surface area (Å²) in [7, 11) is 0. The van der Waals surface area contributed by atoms with Crippen molar-refractivity contribution in [2.75, 3.05) is 32.7 Å². The van der Waals surface area contributed by atoms with E-state index in [1.165, 1.54) is 0 Å². The second-order valence-electron chi connectivity index (χ2n) is 9.83. The lowest BCUT2D eigenvalue weighted by atomic mass is 9.92. The van der Waals surface area contributed by atoms with Gasteiger partial charge in [-0.1, -0.05) is 50.2 Å². The number of nitrogens with one attached hydrogen (secondary N) is 1. The number of amides is 2. The van der Waals surface area contributed by atoms with Crippen molar-refractivity contribution >= 4 is 22.6 Å². The molecule has 172 valence electrons. The van der Waals surface area contributed by atoms with Gasteiger partial charge in [-0.25, -0.2) is 0 Å². The summed E-state index contributed by atoms with van der Waals surface area (Å²) in [6, 6.07) is 14.6. The molecule has 4 rings (SSSR count). The van der Waals surface area contributed by atoms with Gasteiger partial charge >= 0.3 is 0 Å². The largest absolute Gasteiger partial charge is 0.356 e. The van der Waals surface area contributed by atoms with Crippen LogP contribution in [0.15, 0.2) is 42.5 Å². The van der Waals surface area contributed by atoms with Gasteiger partial charge in [-0.2, -0.15) is 0 Å². The predicted molar refractivity (Wildman–Crippen MR) is 130 cm³/mol. The quantitative estimate of drug-likeness (QED) is 0.735. The van der Waals surface area contributed by atoms with Crippen molar-refractivity contribution in [1.29, 1.82) is 0 Å². The molecule has 5 heteroatoms. The molecule has 0 bridgehead atoms. The molecule has 1 N–H and O–H groups in total. The highest BCUT2D eigenvalue weighted by atomic mass is 16.2. The van der Waals surface area contributed by atoms with Gasteiger partial charge in [0.2, 0.25) is 5.91 Å². The molecule has 5 nitrogen and oxygen atoms in total. The third-order valence-electron chi connectivity index (χ3n) is 7.21. The fraction of sp³-hybridized carbons (Fsp3) is 0.556. The van der Waals surface area contributed by atoms with E-state index in [2.05, 4.69) is 36.2 Å². The maximum absolute atomic E-state index is 13.2. The van der Waals surface area contributed by atoms with Gasteiger partial charge in [-0.05, 0) is 68.0 Å². The average Bonchev–Trinajstić information content (AvgIpc) is 2.83. The van der Waals surface area contributed by atoms with E-state index in [9.17, 15) is 9.59 Å². The Balaban J connectivity index is 1.26.